The van der Waals surface area contributed by atoms with Crippen LogP contribution in [0, 0.1) is 0 Å². The van der Waals surface area contributed by atoms with Crippen molar-refractivity contribution in [1.82, 2.24) is 15.1 Å². The van der Waals surface area contributed by atoms with Crippen LogP contribution < -0.4 is 5.32 Å². The van der Waals surface area contributed by atoms with Crippen LogP contribution in [0.1, 0.15) is 18.9 Å². The van der Waals surface area contributed by atoms with Gasteiger partial charge in [-0.2, -0.15) is 5.10 Å². The molecule has 94 valence electrons. The van der Waals surface area contributed by atoms with E-state index in [2.05, 4.69) is 10.4 Å². The monoisotopic (exact) mass is 243 g/mol. The molecule has 1 N–H and O–H groups in total. The molecule has 4 heteroatoms. The third-order valence-corrected chi connectivity index (χ3v) is 2.83. The van der Waals surface area contributed by atoms with Gasteiger partial charge >= 0.3 is 0 Å². The molecule has 0 saturated heterocycles. The fourth-order valence-corrected chi connectivity index (χ4v) is 1.84. The number of benzene rings is 1. The van der Waals surface area contributed by atoms with Gasteiger partial charge in [0.1, 0.15) is 0 Å². The molecule has 0 aliphatic heterocycles. The minimum absolute atomic E-state index is 0.0657. The summed E-state index contributed by atoms with van der Waals surface area (Å²) in [7, 11) is 1.89. The zero-order chi connectivity index (χ0) is 13.0. The first-order chi connectivity index (χ1) is 8.70. The molecule has 1 aromatic carbocycles. The second kappa shape index (κ2) is 5.49. The summed E-state index contributed by atoms with van der Waals surface area (Å²) in [5.41, 5.74) is 3.29. The van der Waals surface area contributed by atoms with E-state index in [-0.39, 0.29) is 5.91 Å². The molecule has 0 atom stereocenters. The smallest absolute Gasteiger partial charge is 0.219 e. The predicted molar refractivity (Wildman–Crippen MR) is 70.8 cm³/mol. The lowest BCUT2D eigenvalue weighted by Gasteiger charge is -2.08. The van der Waals surface area contributed by atoms with Crippen molar-refractivity contribution in [3.63, 3.8) is 0 Å². The molecular formula is C14H17N3O. The number of aromatic nitrogens is 2. The Hall–Kier alpha value is -2.10. The van der Waals surface area contributed by atoms with Crippen molar-refractivity contribution in [2.75, 3.05) is 0 Å². The molecule has 0 bridgehead atoms. The highest BCUT2D eigenvalue weighted by atomic mass is 16.1. The summed E-state index contributed by atoms with van der Waals surface area (Å²) in [5, 5.41) is 7.07. The Morgan fingerprint density at radius 2 is 2.17 bits per heavy atom. The van der Waals surface area contributed by atoms with E-state index in [9.17, 15) is 4.79 Å². The Kier molecular flexibility index (Phi) is 3.77. The van der Waals surface area contributed by atoms with Crippen molar-refractivity contribution >= 4 is 5.91 Å². The molecule has 0 aliphatic carbocycles. The molecular weight excluding hydrogens is 226 g/mol. The number of carbonyl (C=O) groups is 1. The lowest BCUT2D eigenvalue weighted by molar-refractivity contribution is -0.120. The Balaban J connectivity index is 2.23. The van der Waals surface area contributed by atoms with Gasteiger partial charge in [-0.05, 0) is 11.1 Å². The molecule has 1 aromatic heterocycles. The van der Waals surface area contributed by atoms with Gasteiger partial charge in [-0.3, -0.25) is 9.48 Å². The number of amides is 1. The summed E-state index contributed by atoms with van der Waals surface area (Å²) in [6.45, 7) is 2.40. The first-order valence-corrected chi connectivity index (χ1v) is 6.04. The minimum Gasteiger partial charge on any atom is -0.352 e. The van der Waals surface area contributed by atoms with Crippen molar-refractivity contribution in [2.45, 2.75) is 19.9 Å². The molecule has 18 heavy (non-hydrogen) atoms. The summed E-state index contributed by atoms with van der Waals surface area (Å²) >= 11 is 0. The van der Waals surface area contributed by atoms with Crippen LogP contribution in [-0.2, 0) is 18.4 Å². The van der Waals surface area contributed by atoms with Crippen molar-refractivity contribution < 1.29 is 4.79 Å². The van der Waals surface area contributed by atoms with Crippen molar-refractivity contribution in [2.24, 2.45) is 7.05 Å². The number of carbonyl (C=O) groups excluding carboxylic acids is 1. The van der Waals surface area contributed by atoms with Crippen LogP contribution >= 0.6 is 0 Å². The molecule has 0 aliphatic rings. The first-order valence-electron chi connectivity index (χ1n) is 6.04. The van der Waals surface area contributed by atoms with E-state index >= 15 is 0 Å². The molecule has 4 nitrogen and oxygen atoms in total. The largest absolute Gasteiger partial charge is 0.352 e. The van der Waals surface area contributed by atoms with Gasteiger partial charge in [-0.25, -0.2) is 0 Å². The van der Waals surface area contributed by atoms with Gasteiger partial charge in [0.05, 0.1) is 6.20 Å². The van der Waals surface area contributed by atoms with E-state index in [0.29, 0.717) is 13.0 Å². The predicted octanol–water partition coefficient (Wildman–Crippen LogP) is 2.11. The summed E-state index contributed by atoms with van der Waals surface area (Å²) in [6.07, 6.45) is 4.32. The molecule has 2 rings (SSSR count). The van der Waals surface area contributed by atoms with Crippen LogP contribution in [0.4, 0.5) is 0 Å². The van der Waals surface area contributed by atoms with Crippen molar-refractivity contribution in [3.8, 4) is 11.1 Å². The molecule has 1 heterocycles. The topological polar surface area (TPSA) is 46.9 Å². The number of rotatable bonds is 4. The molecule has 1 amide bonds. The maximum atomic E-state index is 11.3. The summed E-state index contributed by atoms with van der Waals surface area (Å²) < 4.78 is 1.77. The highest BCUT2D eigenvalue weighted by molar-refractivity contribution is 5.76. The standard InChI is InChI=1S/C14H17N3O/c1-3-14(18)15-8-11-6-4-5-7-13(11)12-9-16-17(2)10-12/h4-7,9-10H,3,8H2,1-2H3,(H,15,18). The lowest BCUT2D eigenvalue weighted by atomic mass is 10.0. The average Bonchev–Trinajstić information content (AvgIpc) is 2.83. The van der Waals surface area contributed by atoms with Crippen LogP contribution in [-0.4, -0.2) is 15.7 Å². The molecule has 0 radical (unpaired) electrons. The first kappa shape index (κ1) is 12.4. The maximum Gasteiger partial charge on any atom is 0.219 e. The second-order valence-corrected chi connectivity index (χ2v) is 4.19. The van der Waals surface area contributed by atoms with Crippen LogP contribution in [0.5, 0.6) is 0 Å². The Morgan fingerprint density at radius 1 is 1.39 bits per heavy atom. The number of hydrogen-bond acceptors (Lipinski definition) is 2. The van der Waals surface area contributed by atoms with E-state index in [0.717, 1.165) is 16.7 Å². The minimum atomic E-state index is 0.0657. The van der Waals surface area contributed by atoms with E-state index in [1.807, 2.05) is 50.6 Å². The zero-order valence-corrected chi connectivity index (χ0v) is 10.7. The Labute approximate surface area is 107 Å². The van der Waals surface area contributed by atoms with Gasteiger partial charge in [-0.1, -0.05) is 31.2 Å². The highest BCUT2D eigenvalue weighted by Gasteiger charge is 2.07. The molecule has 0 saturated carbocycles. The normalized spacial score (nSPS) is 10.3. The second-order valence-electron chi connectivity index (χ2n) is 4.19. The van der Waals surface area contributed by atoms with Gasteiger partial charge in [-0.15, -0.1) is 0 Å². The molecule has 2 aromatic rings. The van der Waals surface area contributed by atoms with Gasteiger partial charge in [0.15, 0.2) is 0 Å². The van der Waals surface area contributed by atoms with E-state index in [4.69, 9.17) is 0 Å². The fourth-order valence-electron chi connectivity index (χ4n) is 1.84. The third-order valence-electron chi connectivity index (χ3n) is 2.83. The van der Waals surface area contributed by atoms with E-state index < -0.39 is 0 Å². The van der Waals surface area contributed by atoms with Crippen LogP contribution in [0.25, 0.3) is 11.1 Å². The number of nitrogens with one attached hydrogen (secondary N) is 1. The third kappa shape index (κ3) is 2.77. The Morgan fingerprint density at radius 3 is 2.83 bits per heavy atom. The number of aryl methyl sites for hydroxylation is 1. The quantitative estimate of drug-likeness (QED) is 0.894. The van der Waals surface area contributed by atoms with Crippen LogP contribution in [0.2, 0.25) is 0 Å². The highest BCUT2D eigenvalue weighted by Crippen LogP contribution is 2.22. The van der Waals surface area contributed by atoms with E-state index in [1.165, 1.54) is 0 Å². The Bertz CT molecular complexity index is 545. The zero-order valence-electron chi connectivity index (χ0n) is 10.7. The summed E-state index contributed by atoms with van der Waals surface area (Å²) in [4.78, 5) is 11.3. The maximum absolute atomic E-state index is 11.3. The number of hydrogen-bond donors (Lipinski definition) is 1. The molecule has 0 spiro atoms. The average molecular weight is 243 g/mol. The number of nitrogens with zero attached hydrogens (tertiary/aromatic N) is 2. The van der Waals surface area contributed by atoms with Gasteiger partial charge in [0.25, 0.3) is 0 Å². The molecule has 0 fully saturated rings. The summed E-state index contributed by atoms with van der Waals surface area (Å²) in [5.74, 6) is 0.0657. The van der Waals surface area contributed by atoms with Crippen LogP contribution in [0.3, 0.4) is 0 Å². The van der Waals surface area contributed by atoms with Crippen LogP contribution in [0.15, 0.2) is 36.7 Å². The fraction of sp³-hybridized carbons (Fsp3) is 0.286. The lowest BCUT2D eigenvalue weighted by Crippen LogP contribution is -2.21. The van der Waals surface area contributed by atoms with Crippen molar-refractivity contribution in [3.05, 3.63) is 42.2 Å². The van der Waals surface area contributed by atoms with Gasteiger partial charge in [0.2, 0.25) is 5.91 Å². The van der Waals surface area contributed by atoms with Gasteiger partial charge in [0, 0.05) is 31.8 Å². The molecule has 0 unspecified atom stereocenters. The van der Waals surface area contributed by atoms with Crippen molar-refractivity contribution in [1.29, 1.82) is 0 Å². The van der Waals surface area contributed by atoms with E-state index in [1.54, 1.807) is 4.68 Å². The SMILES string of the molecule is CCC(=O)NCc1ccccc1-c1cnn(C)c1. The van der Waals surface area contributed by atoms with Gasteiger partial charge < -0.3 is 5.32 Å². The summed E-state index contributed by atoms with van der Waals surface area (Å²) in [6, 6.07) is 8.05.